The maximum Gasteiger partial charge on any atom is 0.198 e. The van der Waals surface area contributed by atoms with Gasteiger partial charge in [-0.05, 0) is 25.5 Å². The minimum atomic E-state index is -1.86. The first-order chi connectivity index (χ1) is 16.5. The van der Waals surface area contributed by atoms with Gasteiger partial charge in [0.15, 0.2) is 23.6 Å². The van der Waals surface area contributed by atoms with Gasteiger partial charge in [-0.1, -0.05) is 24.3 Å². The number of aromatic hydroxyl groups is 1. The monoisotopic (exact) mass is 481 g/mol. The highest BCUT2D eigenvalue weighted by Crippen LogP contribution is 2.47. The topological polar surface area (TPSA) is 156 Å². The lowest BCUT2D eigenvalue weighted by Crippen LogP contribution is -2.52. The number of carbonyl (C=O) groups excluding carboxylic acids is 3. The zero-order valence-electron chi connectivity index (χ0n) is 19.4. The molecule has 0 spiro atoms. The van der Waals surface area contributed by atoms with E-state index in [1.807, 2.05) is 0 Å². The van der Waals surface area contributed by atoms with Crippen molar-refractivity contribution in [2.24, 2.45) is 5.73 Å². The summed E-state index contributed by atoms with van der Waals surface area (Å²) >= 11 is 0. The largest absolute Gasteiger partial charge is 0.507 e. The van der Waals surface area contributed by atoms with Gasteiger partial charge in [-0.15, -0.1) is 0 Å². The number of hydrogen-bond acceptors (Lipinski definition) is 9. The molecule has 3 aliphatic rings. The Morgan fingerprint density at radius 1 is 1.17 bits per heavy atom. The number of aliphatic hydroxyl groups is 2. The van der Waals surface area contributed by atoms with E-state index < -0.39 is 59.3 Å². The van der Waals surface area contributed by atoms with Crippen molar-refractivity contribution in [2.75, 3.05) is 0 Å². The fourth-order valence-corrected chi connectivity index (χ4v) is 5.30. The molecule has 1 fully saturated rings. The van der Waals surface area contributed by atoms with Crippen LogP contribution in [0, 0.1) is 0 Å². The first kappa shape index (κ1) is 23.8. The van der Waals surface area contributed by atoms with Crippen LogP contribution in [0.4, 0.5) is 0 Å². The molecule has 9 heteroatoms. The Labute approximate surface area is 201 Å². The van der Waals surface area contributed by atoms with Crippen molar-refractivity contribution in [1.82, 2.24) is 0 Å². The van der Waals surface area contributed by atoms with E-state index in [-0.39, 0.29) is 47.1 Å². The lowest BCUT2D eigenvalue weighted by molar-refractivity contribution is -0.247. The van der Waals surface area contributed by atoms with Gasteiger partial charge in [0.05, 0.1) is 23.9 Å². The molecule has 0 aromatic heterocycles. The zero-order valence-corrected chi connectivity index (χ0v) is 19.4. The van der Waals surface area contributed by atoms with Gasteiger partial charge < -0.3 is 30.5 Å². The van der Waals surface area contributed by atoms with E-state index in [0.29, 0.717) is 5.56 Å². The van der Waals surface area contributed by atoms with Crippen LogP contribution in [0.3, 0.4) is 0 Å². The van der Waals surface area contributed by atoms with E-state index in [0.717, 1.165) is 0 Å². The summed E-state index contributed by atoms with van der Waals surface area (Å²) in [6, 6.07) is 7.27. The second-order valence-corrected chi connectivity index (χ2v) is 9.67. The fourth-order valence-electron chi connectivity index (χ4n) is 5.30. The van der Waals surface area contributed by atoms with Gasteiger partial charge >= 0.3 is 0 Å². The molecule has 9 nitrogen and oxygen atoms in total. The number of hydrogen-bond donors (Lipinski definition) is 4. The van der Waals surface area contributed by atoms with Crippen molar-refractivity contribution in [2.45, 2.75) is 69.4 Å². The quantitative estimate of drug-likeness (QED) is 0.433. The molecule has 0 bridgehead atoms. The minimum absolute atomic E-state index is 0.0388. The summed E-state index contributed by atoms with van der Waals surface area (Å²) in [5, 5.41) is 32.5. The molecule has 5 rings (SSSR count). The number of phenols is 1. The minimum Gasteiger partial charge on any atom is -0.507 e. The molecule has 35 heavy (non-hydrogen) atoms. The summed E-state index contributed by atoms with van der Waals surface area (Å²) in [5.41, 5.74) is 5.04. The number of carbonyl (C=O) groups is 3. The SMILES string of the molecule is CC(=O)[C@]1(O)Cc2c(cc3c(c2O)C(=O)c2ccccc2C3=O)[C@@H](O[C@H]2C[C@H](N)[C@H](O)[C@H](C)O2)C1. The molecule has 1 saturated heterocycles. The Hall–Kier alpha value is -2.95. The first-order valence-electron chi connectivity index (χ1n) is 11.6. The third kappa shape index (κ3) is 3.71. The zero-order chi connectivity index (χ0) is 25.2. The molecule has 6 atom stereocenters. The molecular formula is C26H27NO8. The van der Waals surface area contributed by atoms with E-state index in [4.69, 9.17) is 15.2 Å². The van der Waals surface area contributed by atoms with E-state index in [2.05, 4.69) is 0 Å². The van der Waals surface area contributed by atoms with Crippen molar-refractivity contribution in [1.29, 1.82) is 0 Å². The molecule has 5 N–H and O–H groups in total. The lowest BCUT2D eigenvalue weighted by Gasteiger charge is -2.41. The van der Waals surface area contributed by atoms with Crippen molar-refractivity contribution in [3.05, 3.63) is 63.7 Å². The number of nitrogens with two attached hydrogens (primary N) is 1. The fraction of sp³-hybridized carbons (Fsp3) is 0.423. The van der Waals surface area contributed by atoms with Crippen molar-refractivity contribution >= 4 is 17.3 Å². The van der Waals surface area contributed by atoms with Crippen LogP contribution in [0.2, 0.25) is 0 Å². The van der Waals surface area contributed by atoms with Crippen LogP contribution >= 0.6 is 0 Å². The van der Waals surface area contributed by atoms with Crippen LogP contribution in [-0.4, -0.2) is 62.8 Å². The van der Waals surface area contributed by atoms with Gasteiger partial charge in [-0.2, -0.15) is 0 Å². The van der Waals surface area contributed by atoms with Crippen LogP contribution in [0.25, 0.3) is 0 Å². The summed E-state index contributed by atoms with van der Waals surface area (Å²) in [7, 11) is 0. The number of benzene rings is 2. The van der Waals surface area contributed by atoms with Crippen molar-refractivity contribution in [3.63, 3.8) is 0 Å². The highest BCUT2D eigenvalue weighted by Gasteiger charge is 2.47. The number of rotatable bonds is 3. The molecule has 0 saturated carbocycles. The van der Waals surface area contributed by atoms with Gasteiger partial charge in [0, 0.05) is 47.6 Å². The Morgan fingerprint density at radius 3 is 2.46 bits per heavy atom. The van der Waals surface area contributed by atoms with Gasteiger partial charge in [0.25, 0.3) is 0 Å². The smallest absolute Gasteiger partial charge is 0.198 e. The van der Waals surface area contributed by atoms with Crippen LogP contribution < -0.4 is 5.73 Å². The molecule has 0 amide bonds. The maximum atomic E-state index is 13.3. The van der Waals surface area contributed by atoms with Gasteiger partial charge in [-0.25, -0.2) is 0 Å². The Morgan fingerprint density at radius 2 is 1.83 bits per heavy atom. The van der Waals surface area contributed by atoms with Crippen LogP contribution in [0.15, 0.2) is 30.3 Å². The van der Waals surface area contributed by atoms with E-state index >= 15 is 0 Å². The average Bonchev–Trinajstić information content (AvgIpc) is 2.81. The highest BCUT2D eigenvalue weighted by molar-refractivity contribution is 6.29. The standard InChI is InChI=1S/C26H27NO8/c1-11-22(29)18(27)8-20(34-11)35-19-10-26(33,12(2)28)9-17-15(19)7-16-21(25(17)32)24(31)14-6-4-3-5-13(14)23(16)30/h3-7,11,18-20,22,29,32-33H,8-10,27H2,1-2H3/t11-,18-,19-,20-,22+,26-/m0/s1. The third-order valence-electron chi connectivity index (χ3n) is 7.39. The number of fused-ring (bicyclic) bond motifs is 3. The maximum absolute atomic E-state index is 13.3. The molecule has 1 heterocycles. The second kappa shape index (κ2) is 8.32. The number of Topliss-reactive ketones (excluding diaryl/α,β-unsaturated/α-hetero) is 1. The van der Waals surface area contributed by atoms with Crippen LogP contribution in [0.5, 0.6) is 5.75 Å². The molecule has 0 unspecified atom stereocenters. The molecule has 2 aliphatic carbocycles. The second-order valence-electron chi connectivity index (χ2n) is 9.67. The summed E-state index contributed by atoms with van der Waals surface area (Å²) in [6.07, 6.45) is -3.49. The summed E-state index contributed by atoms with van der Waals surface area (Å²) < 4.78 is 11.9. The molecule has 1 aliphatic heterocycles. The van der Waals surface area contributed by atoms with Crippen LogP contribution in [-0.2, 0) is 20.7 Å². The van der Waals surface area contributed by atoms with Gasteiger partial charge in [-0.3, -0.25) is 14.4 Å². The number of ketones is 3. The molecule has 2 aromatic carbocycles. The Bertz CT molecular complexity index is 1240. The highest BCUT2D eigenvalue weighted by atomic mass is 16.7. The number of phenolic OH excluding ortho intramolecular Hbond substituents is 1. The molecule has 184 valence electrons. The Balaban J connectivity index is 1.61. The summed E-state index contributed by atoms with van der Waals surface area (Å²) in [5.74, 6) is -1.88. The van der Waals surface area contributed by atoms with E-state index in [9.17, 15) is 29.7 Å². The molecule has 0 radical (unpaired) electrons. The first-order valence-corrected chi connectivity index (χ1v) is 11.6. The average molecular weight is 482 g/mol. The summed E-state index contributed by atoms with van der Waals surface area (Å²) in [4.78, 5) is 38.9. The number of aliphatic hydroxyl groups excluding tert-OH is 1. The Kier molecular flexibility index (Phi) is 5.65. The molecular weight excluding hydrogens is 454 g/mol. The predicted molar refractivity (Wildman–Crippen MR) is 122 cm³/mol. The molecule has 2 aromatic rings. The van der Waals surface area contributed by atoms with E-state index in [1.165, 1.54) is 19.1 Å². The lowest BCUT2D eigenvalue weighted by atomic mass is 9.72. The van der Waals surface area contributed by atoms with E-state index in [1.54, 1.807) is 25.1 Å². The summed E-state index contributed by atoms with van der Waals surface area (Å²) in [6.45, 7) is 2.90. The van der Waals surface area contributed by atoms with Crippen molar-refractivity contribution < 1.29 is 39.2 Å². The van der Waals surface area contributed by atoms with Gasteiger partial charge in [0.1, 0.15) is 11.4 Å². The normalized spacial score (nSPS) is 32.0. The third-order valence-corrected chi connectivity index (χ3v) is 7.39. The van der Waals surface area contributed by atoms with Crippen LogP contribution in [0.1, 0.15) is 75.8 Å². The number of ether oxygens (including phenoxy) is 2. The van der Waals surface area contributed by atoms with Gasteiger partial charge in [0.2, 0.25) is 0 Å². The predicted octanol–water partition coefficient (Wildman–Crippen LogP) is 1.31. The van der Waals surface area contributed by atoms with Crippen molar-refractivity contribution in [3.8, 4) is 5.75 Å².